The maximum absolute atomic E-state index is 13.0. The van der Waals surface area contributed by atoms with E-state index in [2.05, 4.69) is 4.90 Å². The summed E-state index contributed by atoms with van der Waals surface area (Å²) in [6, 6.07) is 10.1. The molecule has 3 aliphatic rings. The van der Waals surface area contributed by atoms with E-state index < -0.39 is 6.04 Å². The first-order valence-electron chi connectivity index (χ1n) is 9.75. The molecule has 2 fully saturated rings. The predicted octanol–water partition coefficient (Wildman–Crippen LogP) is 2.09. The van der Waals surface area contributed by atoms with Crippen molar-refractivity contribution in [2.24, 2.45) is 0 Å². The largest absolute Gasteiger partial charge is 0.492 e. The van der Waals surface area contributed by atoms with Crippen LogP contribution in [0.1, 0.15) is 0 Å². The SMILES string of the molecule is O=C1C2CN(CCOc3ccc(F)cc3)CCN2C(=O)N1c1ccc2c(c1)OCO2. The van der Waals surface area contributed by atoms with Crippen molar-refractivity contribution in [1.29, 1.82) is 0 Å². The van der Waals surface area contributed by atoms with Gasteiger partial charge in [0, 0.05) is 32.2 Å². The Morgan fingerprint density at radius 1 is 1.03 bits per heavy atom. The van der Waals surface area contributed by atoms with Crippen LogP contribution in [-0.2, 0) is 4.79 Å². The monoisotopic (exact) mass is 413 g/mol. The van der Waals surface area contributed by atoms with Crippen LogP contribution >= 0.6 is 0 Å². The molecule has 0 spiro atoms. The summed E-state index contributed by atoms with van der Waals surface area (Å²) in [5.74, 6) is 1.16. The lowest BCUT2D eigenvalue weighted by molar-refractivity contribution is -0.121. The number of hydrogen-bond donors (Lipinski definition) is 0. The summed E-state index contributed by atoms with van der Waals surface area (Å²) in [6.45, 7) is 2.70. The average Bonchev–Trinajstić information content (AvgIpc) is 3.32. The summed E-state index contributed by atoms with van der Waals surface area (Å²) < 4.78 is 29.3. The van der Waals surface area contributed by atoms with E-state index in [1.54, 1.807) is 35.2 Å². The molecule has 30 heavy (non-hydrogen) atoms. The number of carbonyl (C=O) groups is 2. The zero-order valence-corrected chi connectivity index (χ0v) is 16.1. The van der Waals surface area contributed by atoms with Gasteiger partial charge in [-0.3, -0.25) is 9.69 Å². The number of amides is 3. The Bertz CT molecular complexity index is 983. The topological polar surface area (TPSA) is 71.6 Å². The van der Waals surface area contributed by atoms with E-state index in [4.69, 9.17) is 14.2 Å². The zero-order valence-electron chi connectivity index (χ0n) is 16.1. The van der Waals surface area contributed by atoms with Gasteiger partial charge in [-0.25, -0.2) is 14.1 Å². The summed E-state index contributed by atoms with van der Waals surface area (Å²) >= 11 is 0. The number of fused-ring (bicyclic) bond motifs is 2. The fraction of sp³-hybridized carbons (Fsp3) is 0.333. The van der Waals surface area contributed by atoms with Crippen LogP contribution in [0.4, 0.5) is 14.9 Å². The molecule has 0 radical (unpaired) electrons. The van der Waals surface area contributed by atoms with Gasteiger partial charge in [-0.15, -0.1) is 0 Å². The fourth-order valence-corrected chi connectivity index (χ4v) is 3.94. The Hall–Kier alpha value is -3.33. The minimum atomic E-state index is -0.525. The van der Waals surface area contributed by atoms with E-state index in [9.17, 15) is 14.0 Å². The number of rotatable bonds is 5. The predicted molar refractivity (Wildman–Crippen MR) is 104 cm³/mol. The summed E-state index contributed by atoms with van der Waals surface area (Å²) in [7, 11) is 0. The molecule has 3 heterocycles. The maximum atomic E-state index is 13.0. The molecule has 0 N–H and O–H groups in total. The highest BCUT2D eigenvalue weighted by Gasteiger charge is 2.48. The van der Waals surface area contributed by atoms with E-state index in [1.165, 1.54) is 17.0 Å². The number of nitrogens with zero attached hydrogens (tertiary/aromatic N) is 3. The quantitative estimate of drug-likeness (QED) is 0.699. The van der Waals surface area contributed by atoms with Crippen molar-refractivity contribution in [3.8, 4) is 17.2 Å². The highest BCUT2D eigenvalue weighted by molar-refractivity contribution is 6.21. The van der Waals surface area contributed by atoms with Crippen LogP contribution in [-0.4, -0.2) is 67.4 Å². The number of carbonyl (C=O) groups excluding carboxylic acids is 2. The van der Waals surface area contributed by atoms with Crippen molar-refractivity contribution in [2.75, 3.05) is 44.5 Å². The standard InChI is InChI=1S/C21H20FN3O5/c22-14-1-4-16(5-2-14)28-10-9-23-7-8-24-17(12-23)20(26)25(21(24)27)15-3-6-18-19(11-15)30-13-29-18/h1-6,11,17H,7-10,12-13H2. The van der Waals surface area contributed by atoms with Crippen molar-refractivity contribution in [1.82, 2.24) is 9.80 Å². The van der Waals surface area contributed by atoms with Crippen molar-refractivity contribution < 1.29 is 28.2 Å². The molecule has 0 aromatic heterocycles. The summed E-state index contributed by atoms with van der Waals surface area (Å²) in [5.41, 5.74) is 0.481. The first-order chi connectivity index (χ1) is 14.6. The lowest BCUT2D eigenvalue weighted by Gasteiger charge is -2.35. The second-order valence-electron chi connectivity index (χ2n) is 7.31. The molecular weight excluding hydrogens is 393 g/mol. The molecule has 2 aromatic rings. The van der Waals surface area contributed by atoms with Crippen LogP contribution in [0.25, 0.3) is 0 Å². The van der Waals surface area contributed by atoms with Crippen molar-refractivity contribution in [3.05, 3.63) is 48.3 Å². The lowest BCUT2D eigenvalue weighted by atomic mass is 10.2. The summed E-state index contributed by atoms with van der Waals surface area (Å²) in [4.78, 5) is 30.8. The van der Waals surface area contributed by atoms with Crippen LogP contribution in [0, 0.1) is 5.82 Å². The van der Waals surface area contributed by atoms with Gasteiger partial charge in [0.2, 0.25) is 6.79 Å². The van der Waals surface area contributed by atoms with Crippen LogP contribution in [0.2, 0.25) is 0 Å². The van der Waals surface area contributed by atoms with E-state index in [0.717, 1.165) is 0 Å². The van der Waals surface area contributed by atoms with Gasteiger partial charge in [-0.1, -0.05) is 0 Å². The normalized spacial score (nSPS) is 20.6. The number of imide groups is 1. The highest BCUT2D eigenvalue weighted by Crippen LogP contribution is 2.37. The number of benzene rings is 2. The van der Waals surface area contributed by atoms with Gasteiger partial charge in [0.05, 0.1) is 5.69 Å². The molecular formula is C21H20FN3O5. The Morgan fingerprint density at radius 2 is 1.83 bits per heavy atom. The van der Waals surface area contributed by atoms with Gasteiger partial charge in [-0.05, 0) is 36.4 Å². The smallest absolute Gasteiger partial charge is 0.332 e. The molecule has 2 saturated heterocycles. The molecule has 5 rings (SSSR count). The second-order valence-corrected chi connectivity index (χ2v) is 7.31. The molecule has 156 valence electrons. The highest BCUT2D eigenvalue weighted by atomic mass is 19.1. The molecule has 1 unspecified atom stereocenters. The number of halogens is 1. The third-order valence-corrected chi connectivity index (χ3v) is 5.51. The number of hydrogen-bond acceptors (Lipinski definition) is 6. The van der Waals surface area contributed by atoms with E-state index in [0.29, 0.717) is 55.7 Å². The van der Waals surface area contributed by atoms with E-state index >= 15 is 0 Å². The lowest BCUT2D eigenvalue weighted by Crippen LogP contribution is -2.53. The van der Waals surface area contributed by atoms with Gasteiger partial charge in [0.1, 0.15) is 24.2 Å². The number of anilines is 1. The zero-order chi connectivity index (χ0) is 20.7. The first-order valence-corrected chi connectivity index (χ1v) is 9.75. The van der Waals surface area contributed by atoms with Gasteiger partial charge in [0.25, 0.3) is 5.91 Å². The van der Waals surface area contributed by atoms with Gasteiger partial charge >= 0.3 is 6.03 Å². The molecule has 9 heteroatoms. The van der Waals surface area contributed by atoms with Crippen molar-refractivity contribution in [2.45, 2.75) is 6.04 Å². The summed E-state index contributed by atoms with van der Waals surface area (Å²) in [5, 5.41) is 0. The van der Waals surface area contributed by atoms with E-state index in [-0.39, 0.29) is 24.5 Å². The van der Waals surface area contributed by atoms with Crippen LogP contribution in [0.15, 0.2) is 42.5 Å². The van der Waals surface area contributed by atoms with Gasteiger partial charge in [0.15, 0.2) is 11.5 Å². The molecule has 3 amide bonds. The van der Waals surface area contributed by atoms with Crippen molar-refractivity contribution in [3.63, 3.8) is 0 Å². The molecule has 0 bridgehead atoms. The fourth-order valence-electron chi connectivity index (χ4n) is 3.94. The van der Waals surface area contributed by atoms with E-state index in [1.807, 2.05) is 0 Å². The Balaban J connectivity index is 1.22. The molecule has 1 atom stereocenters. The first kappa shape index (κ1) is 18.7. The van der Waals surface area contributed by atoms with Crippen LogP contribution in [0.3, 0.4) is 0 Å². The molecule has 0 aliphatic carbocycles. The molecule has 3 aliphatic heterocycles. The number of ether oxygens (including phenoxy) is 3. The van der Waals surface area contributed by atoms with Crippen LogP contribution < -0.4 is 19.1 Å². The molecule has 2 aromatic carbocycles. The third kappa shape index (κ3) is 3.30. The van der Waals surface area contributed by atoms with Crippen molar-refractivity contribution >= 4 is 17.6 Å². The van der Waals surface area contributed by atoms with Crippen LogP contribution in [0.5, 0.6) is 17.2 Å². The molecule has 8 nitrogen and oxygen atoms in total. The maximum Gasteiger partial charge on any atom is 0.332 e. The third-order valence-electron chi connectivity index (χ3n) is 5.51. The Labute approximate surface area is 172 Å². The van der Waals surface area contributed by atoms with Gasteiger partial charge < -0.3 is 19.1 Å². The Kier molecular flexibility index (Phi) is 4.66. The second kappa shape index (κ2) is 7.49. The van der Waals surface area contributed by atoms with Gasteiger partial charge in [-0.2, -0.15) is 0 Å². The number of urea groups is 1. The Morgan fingerprint density at radius 3 is 2.67 bits per heavy atom. The average molecular weight is 413 g/mol. The number of piperazine rings is 1. The minimum absolute atomic E-state index is 0.129. The minimum Gasteiger partial charge on any atom is -0.492 e. The molecule has 0 saturated carbocycles. The summed E-state index contributed by atoms with van der Waals surface area (Å²) in [6.07, 6.45) is 0.